The van der Waals surface area contributed by atoms with Crippen molar-refractivity contribution in [3.05, 3.63) is 0 Å². The zero-order valence-electron chi connectivity index (χ0n) is 10.7. The molecule has 1 rings (SSSR count). The summed E-state index contributed by atoms with van der Waals surface area (Å²) in [5.74, 6) is -0.143. The van der Waals surface area contributed by atoms with Crippen LogP contribution in [0.3, 0.4) is 0 Å². The zero-order chi connectivity index (χ0) is 12.7. The van der Waals surface area contributed by atoms with Crippen LogP contribution in [0.2, 0.25) is 0 Å². The predicted octanol–water partition coefficient (Wildman–Crippen LogP) is 0.0169. The van der Waals surface area contributed by atoms with Crippen LogP contribution in [0.4, 0.5) is 0 Å². The molecule has 0 aromatic rings. The first-order valence-corrected chi connectivity index (χ1v) is 6.43. The lowest BCUT2D eigenvalue weighted by Gasteiger charge is -2.28. The van der Waals surface area contributed by atoms with Crippen molar-refractivity contribution >= 4 is 11.8 Å². The first kappa shape index (κ1) is 14.0. The maximum atomic E-state index is 11.9. The number of hydrogen-bond acceptors (Lipinski definition) is 3. The van der Waals surface area contributed by atoms with Gasteiger partial charge in [0, 0.05) is 12.6 Å². The van der Waals surface area contributed by atoms with Gasteiger partial charge in [0.1, 0.15) is 0 Å². The average Bonchev–Trinajstić information content (AvgIpc) is 2.34. The minimum absolute atomic E-state index is 0.0114. The highest BCUT2D eigenvalue weighted by molar-refractivity contribution is 5.86. The molecule has 1 aliphatic rings. The van der Waals surface area contributed by atoms with Gasteiger partial charge < -0.3 is 16.0 Å². The van der Waals surface area contributed by atoms with Gasteiger partial charge in [-0.25, -0.2) is 0 Å². The molecule has 98 valence electrons. The summed E-state index contributed by atoms with van der Waals surface area (Å²) >= 11 is 0. The minimum Gasteiger partial charge on any atom is -0.355 e. The quantitative estimate of drug-likeness (QED) is 0.635. The van der Waals surface area contributed by atoms with Crippen molar-refractivity contribution in [3.8, 4) is 0 Å². The zero-order valence-corrected chi connectivity index (χ0v) is 10.7. The van der Waals surface area contributed by atoms with E-state index in [0.717, 1.165) is 25.8 Å². The summed E-state index contributed by atoms with van der Waals surface area (Å²) in [7, 11) is 0. The summed E-state index contributed by atoms with van der Waals surface area (Å²) in [5.41, 5.74) is 0. The molecule has 0 radical (unpaired) electrons. The Bertz CT molecular complexity index is 268. The molecule has 0 spiro atoms. The summed E-state index contributed by atoms with van der Waals surface area (Å²) in [6, 6.07) is 0.197. The maximum absolute atomic E-state index is 11.9. The van der Waals surface area contributed by atoms with Crippen LogP contribution in [0.25, 0.3) is 0 Å². The normalized spacial score (nSPS) is 24.1. The standard InChI is InChI=1S/C12H23N3O2/c1-3-6-14-11(16)8-15-12(17)10-5-4-7-13-9(10)2/h9-10,13H,3-8H2,1-2H3,(H,14,16)(H,15,17). The Balaban J connectivity index is 2.26. The third-order valence-corrected chi connectivity index (χ3v) is 3.09. The van der Waals surface area contributed by atoms with Gasteiger partial charge in [0.25, 0.3) is 0 Å². The van der Waals surface area contributed by atoms with Gasteiger partial charge >= 0.3 is 0 Å². The first-order valence-electron chi connectivity index (χ1n) is 6.43. The van der Waals surface area contributed by atoms with Crippen LogP contribution in [0, 0.1) is 5.92 Å². The van der Waals surface area contributed by atoms with Gasteiger partial charge in [-0.15, -0.1) is 0 Å². The molecular weight excluding hydrogens is 218 g/mol. The van der Waals surface area contributed by atoms with Crippen molar-refractivity contribution in [1.82, 2.24) is 16.0 Å². The second kappa shape index (κ2) is 7.27. The number of carbonyl (C=O) groups excluding carboxylic acids is 2. The van der Waals surface area contributed by atoms with Gasteiger partial charge in [0.2, 0.25) is 11.8 Å². The Morgan fingerprint density at radius 1 is 1.35 bits per heavy atom. The molecule has 2 atom stereocenters. The van der Waals surface area contributed by atoms with Gasteiger partial charge in [-0.2, -0.15) is 0 Å². The Morgan fingerprint density at radius 2 is 2.12 bits per heavy atom. The molecule has 1 aliphatic heterocycles. The van der Waals surface area contributed by atoms with Crippen LogP contribution in [0.15, 0.2) is 0 Å². The van der Waals surface area contributed by atoms with E-state index in [0.29, 0.717) is 6.54 Å². The summed E-state index contributed by atoms with van der Waals surface area (Å²) in [6.07, 6.45) is 2.82. The summed E-state index contributed by atoms with van der Waals surface area (Å²) in [4.78, 5) is 23.2. The Morgan fingerprint density at radius 3 is 2.76 bits per heavy atom. The molecule has 1 saturated heterocycles. The van der Waals surface area contributed by atoms with Crippen molar-refractivity contribution in [2.45, 2.75) is 39.2 Å². The number of piperidine rings is 1. The molecule has 0 saturated carbocycles. The van der Waals surface area contributed by atoms with E-state index >= 15 is 0 Å². The van der Waals surface area contributed by atoms with Crippen LogP contribution >= 0.6 is 0 Å². The van der Waals surface area contributed by atoms with Crippen LogP contribution in [-0.4, -0.2) is 37.5 Å². The summed E-state index contributed by atoms with van der Waals surface area (Å²) in [5, 5.41) is 8.71. The Kier molecular flexibility index (Phi) is 5.97. The molecule has 2 unspecified atom stereocenters. The molecular formula is C12H23N3O2. The van der Waals surface area contributed by atoms with E-state index in [-0.39, 0.29) is 30.3 Å². The van der Waals surface area contributed by atoms with E-state index in [1.54, 1.807) is 0 Å². The highest BCUT2D eigenvalue weighted by Crippen LogP contribution is 2.15. The van der Waals surface area contributed by atoms with Gasteiger partial charge in [-0.1, -0.05) is 6.92 Å². The van der Waals surface area contributed by atoms with Gasteiger partial charge in [0.15, 0.2) is 0 Å². The first-order chi connectivity index (χ1) is 8.15. The lowest BCUT2D eigenvalue weighted by Crippen LogP contribution is -2.48. The second-order valence-electron chi connectivity index (χ2n) is 4.56. The van der Waals surface area contributed by atoms with Crippen molar-refractivity contribution in [2.75, 3.05) is 19.6 Å². The number of nitrogens with one attached hydrogen (secondary N) is 3. The van der Waals surface area contributed by atoms with Crippen molar-refractivity contribution in [2.24, 2.45) is 5.92 Å². The fourth-order valence-electron chi connectivity index (χ4n) is 2.03. The van der Waals surface area contributed by atoms with Crippen LogP contribution in [0.5, 0.6) is 0 Å². The molecule has 0 aromatic heterocycles. The molecule has 2 amide bonds. The Hall–Kier alpha value is -1.10. The third kappa shape index (κ3) is 4.73. The minimum atomic E-state index is -0.114. The number of rotatable bonds is 5. The molecule has 17 heavy (non-hydrogen) atoms. The fourth-order valence-corrected chi connectivity index (χ4v) is 2.03. The molecule has 3 N–H and O–H groups in total. The van der Waals surface area contributed by atoms with Gasteiger partial charge in [-0.3, -0.25) is 9.59 Å². The van der Waals surface area contributed by atoms with Crippen LogP contribution in [0.1, 0.15) is 33.1 Å². The topological polar surface area (TPSA) is 70.2 Å². The van der Waals surface area contributed by atoms with Gasteiger partial charge in [0.05, 0.1) is 12.5 Å². The van der Waals surface area contributed by atoms with Crippen LogP contribution < -0.4 is 16.0 Å². The van der Waals surface area contributed by atoms with E-state index in [1.165, 1.54) is 0 Å². The number of hydrogen-bond donors (Lipinski definition) is 3. The van der Waals surface area contributed by atoms with E-state index < -0.39 is 0 Å². The van der Waals surface area contributed by atoms with Crippen molar-refractivity contribution < 1.29 is 9.59 Å². The highest BCUT2D eigenvalue weighted by atomic mass is 16.2. The summed E-state index contributed by atoms with van der Waals surface area (Å²) in [6.45, 7) is 5.73. The predicted molar refractivity (Wildman–Crippen MR) is 66.5 cm³/mol. The molecule has 5 nitrogen and oxygen atoms in total. The molecule has 1 fully saturated rings. The monoisotopic (exact) mass is 241 g/mol. The summed E-state index contributed by atoms with van der Waals surface area (Å²) < 4.78 is 0. The lowest BCUT2D eigenvalue weighted by atomic mass is 9.91. The lowest BCUT2D eigenvalue weighted by molar-refractivity contribution is -0.129. The van der Waals surface area contributed by atoms with Crippen LogP contribution in [-0.2, 0) is 9.59 Å². The highest BCUT2D eigenvalue weighted by Gasteiger charge is 2.27. The Labute approximate surface area is 103 Å². The number of amides is 2. The smallest absolute Gasteiger partial charge is 0.239 e. The average molecular weight is 241 g/mol. The molecule has 1 heterocycles. The molecule has 0 bridgehead atoms. The second-order valence-corrected chi connectivity index (χ2v) is 4.56. The van der Waals surface area contributed by atoms with Crippen molar-refractivity contribution in [3.63, 3.8) is 0 Å². The van der Waals surface area contributed by atoms with E-state index in [1.807, 2.05) is 13.8 Å². The number of carbonyl (C=O) groups is 2. The molecule has 0 aliphatic carbocycles. The molecule has 0 aromatic carbocycles. The largest absolute Gasteiger partial charge is 0.355 e. The van der Waals surface area contributed by atoms with E-state index in [2.05, 4.69) is 16.0 Å². The molecule has 5 heteroatoms. The van der Waals surface area contributed by atoms with Crippen molar-refractivity contribution in [1.29, 1.82) is 0 Å². The van der Waals surface area contributed by atoms with E-state index in [4.69, 9.17) is 0 Å². The maximum Gasteiger partial charge on any atom is 0.239 e. The SMILES string of the molecule is CCCNC(=O)CNC(=O)C1CCCNC1C. The third-order valence-electron chi connectivity index (χ3n) is 3.09. The van der Waals surface area contributed by atoms with E-state index in [9.17, 15) is 9.59 Å². The fraction of sp³-hybridized carbons (Fsp3) is 0.833. The van der Waals surface area contributed by atoms with Gasteiger partial charge in [-0.05, 0) is 32.7 Å².